The van der Waals surface area contributed by atoms with Gasteiger partial charge in [0.2, 0.25) is 5.95 Å². The topological polar surface area (TPSA) is 64.9 Å². The first kappa shape index (κ1) is 18.3. The molecule has 31 heavy (non-hydrogen) atoms. The molecule has 2 aromatic carbocycles. The fraction of sp³-hybridized carbons (Fsp3) is 0.125. The molecule has 2 atom stereocenters. The van der Waals surface area contributed by atoms with E-state index in [4.69, 9.17) is 4.74 Å². The Morgan fingerprint density at radius 3 is 2.81 bits per heavy atom. The molecule has 6 nitrogen and oxygen atoms in total. The van der Waals surface area contributed by atoms with Crippen LogP contribution in [0.4, 0.5) is 5.95 Å². The lowest BCUT2D eigenvalue weighted by molar-refractivity contribution is 0.223. The van der Waals surface area contributed by atoms with Crippen LogP contribution in [-0.4, -0.2) is 19.7 Å². The molecule has 0 saturated carbocycles. The van der Waals surface area contributed by atoms with Gasteiger partial charge in [-0.1, -0.05) is 45.8 Å². The molecule has 4 heterocycles. The van der Waals surface area contributed by atoms with Crippen LogP contribution in [0.15, 0.2) is 83.4 Å². The Balaban J connectivity index is 1.65. The average Bonchev–Trinajstić information content (AvgIpc) is 3.26. The van der Waals surface area contributed by atoms with Gasteiger partial charge in [-0.05, 0) is 48.4 Å². The zero-order valence-electron chi connectivity index (χ0n) is 16.7. The molecule has 6 rings (SSSR count). The first-order chi connectivity index (χ1) is 15.2. The van der Waals surface area contributed by atoms with E-state index in [0.717, 1.165) is 38.2 Å². The lowest BCUT2D eigenvalue weighted by Crippen LogP contribution is -2.32. The Morgan fingerprint density at radius 2 is 1.97 bits per heavy atom. The molecule has 7 heteroatoms. The molecule has 2 unspecified atom stereocenters. The number of ether oxygens (including phenoxy) is 1. The Labute approximate surface area is 187 Å². The molecule has 2 aliphatic heterocycles. The van der Waals surface area contributed by atoms with Gasteiger partial charge in [-0.25, -0.2) is 4.68 Å². The molecular weight excluding hydrogens is 454 g/mol. The van der Waals surface area contributed by atoms with Crippen LogP contribution < -0.4 is 10.1 Å². The minimum atomic E-state index is -0.294. The van der Waals surface area contributed by atoms with Crippen LogP contribution in [0.5, 0.6) is 5.75 Å². The van der Waals surface area contributed by atoms with E-state index >= 15 is 0 Å². The molecule has 1 N–H and O–H groups in total. The maximum Gasteiger partial charge on any atom is 0.226 e. The molecule has 0 amide bonds. The van der Waals surface area contributed by atoms with E-state index in [1.807, 2.05) is 35.1 Å². The number of halogens is 1. The Kier molecular flexibility index (Phi) is 4.17. The molecule has 152 valence electrons. The fourth-order valence-corrected chi connectivity index (χ4v) is 4.80. The van der Waals surface area contributed by atoms with Gasteiger partial charge in [0.05, 0.1) is 5.70 Å². The lowest BCUT2D eigenvalue weighted by atomic mass is 9.85. The third-order valence-electron chi connectivity index (χ3n) is 5.72. The molecule has 0 bridgehead atoms. The highest BCUT2D eigenvalue weighted by Gasteiger charge is 2.41. The molecule has 4 aromatic rings. The van der Waals surface area contributed by atoms with Crippen molar-refractivity contribution >= 4 is 27.6 Å². The Bertz CT molecular complexity index is 1330. The number of hydrogen-bond donors (Lipinski definition) is 1. The summed E-state index contributed by atoms with van der Waals surface area (Å²) in [6.07, 6.45) is 4.95. The number of nitrogens with one attached hydrogen (secondary N) is 1. The van der Waals surface area contributed by atoms with E-state index in [1.165, 1.54) is 5.56 Å². The van der Waals surface area contributed by atoms with Gasteiger partial charge in [-0.3, -0.25) is 4.98 Å². The van der Waals surface area contributed by atoms with Gasteiger partial charge in [0.15, 0.2) is 0 Å². The maximum absolute atomic E-state index is 6.64. The van der Waals surface area contributed by atoms with E-state index in [1.54, 1.807) is 12.5 Å². The summed E-state index contributed by atoms with van der Waals surface area (Å²) >= 11 is 3.61. The second-order valence-electron chi connectivity index (χ2n) is 7.72. The standard InChI is InChI=1S/C24H18BrN5O/c1-14-7-8-19-18(10-14)21-20(23(31-19)15-4-2-6-17(25)11-15)22(16-5-3-9-26-12-16)30-24(29-21)27-13-28-30/h2-13,22-23H,1H3,(H,27,28,29). The second-order valence-corrected chi connectivity index (χ2v) is 8.64. The SMILES string of the molecule is Cc1ccc2c(c1)C1=C(C(c3cccc(Br)c3)O2)C(c2cccnc2)n2ncnc2N1. The summed E-state index contributed by atoms with van der Waals surface area (Å²) in [6.45, 7) is 2.09. The van der Waals surface area contributed by atoms with Gasteiger partial charge >= 0.3 is 0 Å². The summed E-state index contributed by atoms with van der Waals surface area (Å²) in [6, 6.07) is 18.3. The smallest absolute Gasteiger partial charge is 0.226 e. The predicted octanol–water partition coefficient (Wildman–Crippen LogP) is 5.30. The van der Waals surface area contributed by atoms with E-state index in [-0.39, 0.29) is 12.1 Å². The normalized spacial score (nSPS) is 19.0. The highest BCUT2D eigenvalue weighted by molar-refractivity contribution is 9.10. The molecule has 2 aromatic heterocycles. The first-order valence-corrected chi connectivity index (χ1v) is 10.8. The van der Waals surface area contributed by atoms with E-state index in [9.17, 15) is 0 Å². The number of anilines is 1. The van der Waals surface area contributed by atoms with Crippen molar-refractivity contribution in [3.8, 4) is 5.75 Å². The number of benzene rings is 2. The van der Waals surface area contributed by atoms with Crippen LogP contribution in [-0.2, 0) is 0 Å². The van der Waals surface area contributed by atoms with Crippen molar-refractivity contribution in [3.05, 3.63) is 106 Å². The second kappa shape index (κ2) is 7.06. The monoisotopic (exact) mass is 471 g/mol. The zero-order chi connectivity index (χ0) is 20.9. The van der Waals surface area contributed by atoms with E-state index in [2.05, 4.69) is 73.6 Å². The summed E-state index contributed by atoms with van der Waals surface area (Å²) in [4.78, 5) is 8.84. The van der Waals surface area contributed by atoms with Gasteiger partial charge in [0.25, 0.3) is 0 Å². The molecule has 2 aliphatic rings. The average molecular weight is 472 g/mol. The van der Waals surface area contributed by atoms with Crippen molar-refractivity contribution in [2.75, 3.05) is 5.32 Å². The van der Waals surface area contributed by atoms with Crippen LogP contribution in [0.2, 0.25) is 0 Å². The zero-order valence-corrected chi connectivity index (χ0v) is 18.2. The lowest BCUT2D eigenvalue weighted by Gasteiger charge is -2.39. The summed E-state index contributed by atoms with van der Waals surface area (Å²) in [5.41, 5.74) is 6.40. The quantitative estimate of drug-likeness (QED) is 0.429. The highest BCUT2D eigenvalue weighted by Crippen LogP contribution is 2.50. The number of rotatable bonds is 2. The Morgan fingerprint density at radius 1 is 1.06 bits per heavy atom. The number of aromatic nitrogens is 4. The largest absolute Gasteiger partial charge is 0.480 e. The molecule has 0 saturated heterocycles. The van der Waals surface area contributed by atoms with E-state index in [0.29, 0.717) is 5.95 Å². The summed E-state index contributed by atoms with van der Waals surface area (Å²) in [7, 11) is 0. The third-order valence-corrected chi connectivity index (χ3v) is 6.21. The minimum Gasteiger partial charge on any atom is -0.480 e. The van der Waals surface area contributed by atoms with Crippen molar-refractivity contribution in [2.24, 2.45) is 0 Å². The minimum absolute atomic E-state index is 0.194. The van der Waals surface area contributed by atoms with Gasteiger partial charge in [-0.15, -0.1) is 0 Å². The maximum atomic E-state index is 6.64. The van der Waals surface area contributed by atoms with Crippen LogP contribution in [0, 0.1) is 6.92 Å². The van der Waals surface area contributed by atoms with Crippen LogP contribution in [0.1, 0.15) is 34.4 Å². The predicted molar refractivity (Wildman–Crippen MR) is 122 cm³/mol. The van der Waals surface area contributed by atoms with Gasteiger partial charge < -0.3 is 10.1 Å². The first-order valence-electron chi connectivity index (χ1n) is 10.0. The number of fused-ring (bicyclic) bond motifs is 3. The van der Waals surface area contributed by atoms with Crippen molar-refractivity contribution in [3.63, 3.8) is 0 Å². The van der Waals surface area contributed by atoms with Crippen LogP contribution in [0.25, 0.3) is 5.70 Å². The van der Waals surface area contributed by atoms with E-state index < -0.39 is 0 Å². The van der Waals surface area contributed by atoms with Gasteiger partial charge in [0, 0.05) is 28.0 Å². The number of pyridine rings is 1. The third kappa shape index (κ3) is 2.96. The van der Waals surface area contributed by atoms with Crippen molar-refractivity contribution in [1.29, 1.82) is 0 Å². The van der Waals surface area contributed by atoms with Crippen molar-refractivity contribution in [1.82, 2.24) is 19.7 Å². The van der Waals surface area contributed by atoms with Crippen molar-refractivity contribution in [2.45, 2.75) is 19.1 Å². The van der Waals surface area contributed by atoms with Crippen molar-refractivity contribution < 1.29 is 4.74 Å². The fourth-order valence-electron chi connectivity index (χ4n) is 4.39. The van der Waals surface area contributed by atoms with Gasteiger partial charge in [0.1, 0.15) is 24.2 Å². The number of nitrogens with zero attached hydrogens (tertiary/aromatic N) is 4. The summed E-state index contributed by atoms with van der Waals surface area (Å²) in [5, 5.41) is 8.07. The number of hydrogen-bond acceptors (Lipinski definition) is 5. The summed E-state index contributed by atoms with van der Waals surface area (Å²) in [5.74, 6) is 1.55. The highest BCUT2D eigenvalue weighted by atomic mass is 79.9. The molecule has 0 aliphatic carbocycles. The molecular formula is C24H18BrN5O. The van der Waals surface area contributed by atoms with Crippen LogP contribution >= 0.6 is 15.9 Å². The number of aryl methyl sites for hydroxylation is 1. The summed E-state index contributed by atoms with van der Waals surface area (Å²) < 4.78 is 9.56. The Hall–Kier alpha value is -3.45. The molecule has 0 fully saturated rings. The molecule has 0 spiro atoms. The van der Waals surface area contributed by atoms with Gasteiger partial charge in [-0.2, -0.15) is 10.1 Å². The molecule has 0 radical (unpaired) electrons. The van der Waals surface area contributed by atoms with Crippen LogP contribution in [0.3, 0.4) is 0 Å².